The number of rotatable bonds is 6. The molecule has 10 aromatic carbocycles. The molecule has 13 rings (SSSR count). The van der Waals surface area contributed by atoms with E-state index in [1.807, 2.05) is 18.2 Å². The van der Waals surface area contributed by atoms with Gasteiger partial charge in [-0.05, 0) is 94.9 Å². The molecule has 0 aliphatic rings. The third kappa shape index (κ3) is 5.27. The van der Waals surface area contributed by atoms with Crippen LogP contribution in [0.3, 0.4) is 0 Å². The Morgan fingerprint density at radius 3 is 1.68 bits per heavy atom. The summed E-state index contributed by atoms with van der Waals surface area (Å²) < 4.78 is 15.4. The van der Waals surface area contributed by atoms with E-state index >= 15 is 0 Å². The minimum Gasteiger partial charge on any atom is -0.456 e. The first-order valence-corrected chi connectivity index (χ1v) is 21.1. The fourth-order valence-electron chi connectivity index (χ4n) is 9.78. The van der Waals surface area contributed by atoms with Gasteiger partial charge in [-0.2, -0.15) is 0 Å². The molecule has 62 heavy (non-hydrogen) atoms. The predicted molar refractivity (Wildman–Crippen MR) is 258 cm³/mol. The van der Waals surface area contributed by atoms with E-state index in [1.54, 1.807) is 0 Å². The molecule has 0 N–H and O–H groups in total. The number of hydrogen-bond donors (Lipinski definition) is 0. The summed E-state index contributed by atoms with van der Waals surface area (Å²) >= 11 is 0. The van der Waals surface area contributed by atoms with E-state index in [2.05, 4.69) is 210 Å². The van der Waals surface area contributed by atoms with Gasteiger partial charge in [0.2, 0.25) is 0 Å². The van der Waals surface area contributed by atoms with Gasteiger partial charge in [0.1, 0.15) is 22.3 Å². The fourth-order valence-corrected chi connectivity index (χ4v) is 9.78. The van der Waals surface area contributed by atoms with Crippen molar-refractivity contribution in [3.8, 4) is 27.9 Å². The molecule has 0 aliphatic heterocycles. The zero-order valence-electron chi connectivity index (χ0n) is 33.5. The first-order valence-electron chi connectivity index (χ1n) is 21.1. The molecular weight excluding hydrogens is 757 g/mol. The Kier molecular flexibility index (Phi) is 7.57. The van der Waals surface area contributed by atoms with Gasteiger partial charge in [-0.15, -0.1) is 0 Å². The molecule has 0 saturated heterocycles. The second-order valence-electron chi connectivity index (χ2n) is 16.0. The van der Waals surface area contributed by atoms with Crippen LogP contribution in [0.25, 0.3) is 104 Å². The normalized spacial score (nSPS) is 11.9. The van der Waals surface area contributed by atoms with Crippen LogP contribution in [0.1, 0.15) is 0 Å². The van der Waals surface area contributed by atoms with E-state index in [9.17, 15) is 0 Å². The number of fused-ring (bicyclic) bond motifs is 10. The highest BCUT2D eigenvalue weighted by molar-refractivity contribution is 6.14. The lowest BCUT2D eigenvalue weighted by Crippen LogP contribution is -2.10. The second kappa shape index (κ2) is 13.6. The maximum atomic E-state index is 6.76. The van der Waals surface area contributed by atoms with E-state index in [4.69, 9.17) is 8.83 Å². The van der Waals surface area contributed by atoms with Crippen molar-refractivity contribution >= 4 is 93.5 Å². The van der Waals surface area contributed by atoms with Crippen LogP contribution in [0.4, 0.5) is 17.1 Å². The van der Waals surface area contributed by atoms with Gasteiger partial charge in [0.25, 0.3) is 0 Å². The minimum absolute atomic E-state index is 0.866. The Hall–Kier alpha value is -8.34. The lowest BCUT2D eigenvalue weighted by atomic mass is 9.98. The van der Waals surface area contributed by atoms with E-state index in [-0.39, 0.29) is 0 Å². The molecule has 0 fully saturated rings. The summed E-state index contributed by atoms with van der Waals surface area (Å²) in [6.45, 7) is 0. The first-order chi connectivity index (χ1) is 30.7. The molecule has 0 saturated carbocycles. The molecule has 3 heterocycles. The molecule has 0 spiro atoms. The van der Waals surface area contributed by atoms with Crippen LogP contribution in [0.5, 0.6) is 0 Å². The summed E-state index contributed by atoms with van der Waals surface area (Å²) in [5.74, 6) is 0. The lowest BCUT2D eigenvalue weighted by molar-refractivity contribution is 0.669. The van der Waals surface area contributed by atoms with Crippen molar-refractivity contribution < 1.29 is 8.83 Å². The molecule has 0 unspecified atom stereocenters. The van der Waals surface area contributed by atoms with Gasteiger partial charge < -0.3 is 18.3 Å². The zero-order chi connectivity index (χ0) is 40.7. The van der Waals surface area contributed by atoms with Crippen molar-refractivity contribution in [1.29, 1.82) is 0 Å². The Labute approximate surface area is 356 Å². The van der Waals surface area contributed by atoms with Gasteiger partial charge in [0.15, 0.2) is 0 Å². The van der Waals surface area contributed by atoms with Crippen LogP contribution in [0, 0.1) is 0 Å². The third-order valence-corrected chi connectivity index (χ3v) is 12.6. The Morgan fingerprint density at radius 2 is 0.919 bits per heavy atom. The molecule has 4 heteroatoms. The Morgan fingerprint density at radius 1 is 0.355 bits per heavy atom. The molecule has 0 amide bonds. The van der Waals surface area contributed by atoms with Gasteiger partial charge in [-0.1, -0.05) is 146 Å². The van der Waals surface area contributed by atoms with Crippen molar-refractivity contribution in [2.45, 2.75) is 0 Å². The highest BCUT2D eigenvalue weighted by Crippen LogP contribution is 2.46. The molecule has 290 valence electrons. The summed E-state index contributed by atoms with van der Waals surface area (Å²) in [4.78, 5) is 2.40. The number of anilines is 3. The third-order valence-electron chi connectivity index (χ3n) is 12.6. The Bertz CT molecular complexity index is 3810. The number of furan rings is 2. The van der Waals surface area contributed by atoms with Gasteiger partial charge in [0, 0.05) is 60.3 Å². The van der Waals surface area contributed by atoms with Crippen molar-refractivity contribution in [2.75, 3.05) is 4.90 Å². The molecule has 3 aromatic heterocycles. The molecule has 0 aliphatic carbocycles. The highest BCUT2D eigenvalue weighted by atomic mass is 16.3. The predicted octanol–water partition coefficient (Wildman–Crippen LogP) is 16.5. The average Bonchev–Trinajstić information content (AvgIpc) is 4.02. The smallest absolute Gasteiger partial charge is 0.143 e. The number of aromatic nitrogens is 1. The highest BCUT2D eigenvalue weighted by Gasteiger charge is 2.22. The van der Waals surface area contributed by atoms with Crippen LogP contribution < -0.4 is 4.90 Å². The quantitative estimate of drug-likeness (QED) is 0.168. The van der Waals surface area contributed by atoms with E-state index in [0.29, 0.717) is 0 Å². The standard InChI is InChI=1S/C58H36N2O2/c1-2-15-43-37(13-1)14-11-23-51(43)59(40-31-27-38(28-32-40)44-20-12-26-56-57(44)48-19-6-10-25-55(48)61-56)42-35-49(58-50(36-42)47-18-5-9-24-54(47)62-58)39-29-33-41(34-30-39)60-52-21-7-3-16-45(52)46-17-4-8-22-53(46)60/h1-36H. The minimum atomic E-state index is 0.866. The monoisotopic (exact) mass is 792 g/mol. The number of benzene rings is 10. The fraction of sp³-hybridized carbons (Fsp3) is 0. The first kappa shape index (κ1) is 34.5. The average molecular weight is 793 g/mol. The summed E-state index contributed by atoms with van der Waals surface area (Å²) in [5, 5.41) is 9.25. The van der Waals surface area contributed by atoms with Gasteiger partial charge in [-0.3, -0.25) is 0 Å². The maximum Gasteiger partial charge on any atom is 0.143 e. The van der Waals surface area contributed by atoms with Crippen LogP contribution in [-0.2, 0) is 0 Å². The summed E-state index contributed by atoms with van der Waals surface area (Å²) in [6.07, 6.45) is 0. The topological polar surface area (TPSA) is 34.5 Å². The van der Waals surface area contributed by atoms with Crippen molar-refractivity contribution in [3.63, 3.8) is 0 Å². The zero-order valence-corrected chi connectivity index (χ0v) is 33.5. The Balaban J connectivity index is 1.01. The molecular formula is C58H36N2O2. The molecule has 0 atom stereocenters. The SMILES string of the molecule is c1ccc2c(N(c3ccc(-c4cccc5oc6ccccc6c45)cc3)c3cc(-c4ccc(-n5c6ccccc6c6ccccc65)cc4)c4oc5ccccc5c4c3)cccc2c1. The summed E-state index contributed by atoms with van der Waals surface area (Å²) in [6, 6.07) is 78.0. The van der Waals surface area contributed by atoms with Gasteiger partial charge in [0.05, 0.1) is 16.7 Å². The van der Waals surface area contributed by atoms with Crippen LogP contribution in [-0.4, -0.2) is 4.57 Å². The van der Waals surface area contributed by atoms with Gasteiger partial charge >= 0.3 is 0 Å². The second-order valence-corrected chi connectivity index (χ2v) is 16.0. The number of para-hydroxylation sites is 4. The lowest BCUT2D eigenvalue weighted by Gasteiger charge is -2.28. The molecule has 0 bridgehead atoms. The maximum absolute atomic E-state index is 6.76. The van der Waals surface area contributed by atoms with Gasteiger partial charge in [-0.25, -0.2) is 0 Å². The van der Waals surface area contributed by atoms with Crippen molar-refractivity contribution in [1.82, 2.24) is 4.57 Å². The number of hydrogen-bond acceptors (Lipinski definition) is 3. The van der Waals surface area contributed by atoms with E-state index in [1.165, 1.54) is 32.6 Å². The molecule has 13 aromatic rings. The summed E-state index contributed by atoms with van der Waals surface area (Å²) in [7, 11) is 0. The van der Waals surface area contributed by atoms with Crippen LogP contribution in [0.15, 0.2) is 227 Å². The number of nitrogens with zero attached hydrogens (tertiary/aromatic N) is 2. The largest absolute Gasteiger partial charge is 0.456 e. The van der Waals surface area contributed by atoms with E-state index < -0.39 is 0 Å². The van der Waals surface area contributed by atoms with Crippen LogP contribution >= 0.6 is 0 Å². The van der Waals surface area contributed by atoms with Crippen molar-refractivity contribution in [3.05, 3.63) is 218 Å². The van der Waals surface area contributed by atoms with Crippen LogP contribution in [0.2, 0.25) is 0 Å². The molecule has 0 radical (unpaired) electrons. The molecule has 4 nitrogen and oxygen atoms in total. The summed E-state index contributed by atoms with van der Waals surface area (Å²) in [5.41, 5.74) is 14.6. The van der Waals surface area contributed by atoms with Crippen molar-refractivity contribution in [2.24, 2.45) is 0 Å². The van der Waals surface area contributed by atoms with E-state index in [0.717, 1.165) is 88.9 Å².